The first-order chi connectivity index (χ1) is 5.39. The van der Waals surface area contributed by atoms with Gasteiger partial charge in [0, 0.05) is 0 Å². The maximum Gasteiger partial charge on any atom is 1.00 e. The second-order valence-corrected chi connectivity index (χ2v) is 3.66. The van der Waals surface area contributed by atoms with Crippen molar-refractivity contribution >= 4 is 10.1 Å². The van der Waals surface area contributed by atoms with E-state index in [1.54, 1.807) is 6.92 Å². The Balaban J connectivity index is 0. The van der Waals surface area contributed by atoms with Crippen molar-refractivity contribution in [1.82, 2.24) is 0 Å². The fourth-order valence-corrected chi connectivity index (χ4v) is 1.26. The van der Waals surface area contributed by atoms with E-state index in [-0.39, 0.29) is 29.6 Å². The van der Waals surface area contributed by atoms with Crippen LogP contribution < -0.4 is 29.6 Å². The molecule has 0 fully saturated rings. The predicted molar refractivity (Wildman–Crippen MR) is 41.1 cm³/mol. The number of hydrogen-bond donors (Lipinski definition) is 1. The summed E-state index contributed by atoms with van der Waals surface area (Å²) in [6.45, 7) is 2.76. The molecule has 13 heavy (non-hydrogen) atoms. The van der Waals surface area contributed by atoms with Gasteiger partial charge in [-0.3, -0.25) is 0 Å². The van der Waals surface area contributed by atoms with Gasteiger partial charge in [0.1, 0.15) is 16.2 Å². The summed E-state index contributed by atoms with van der Waals surface area (Å²) in [5.74, 6) is 0. The smallest absolute Gasteiger partial charge is 0.745 e. The summed E-state index contributed by atoms with van der Waals surface area (Å²) in [5.41, 5.74) is -1.73. The number of aliphatic hydroxyl groups excluding tert-OH is 1. The van der Waals surface area contributed by atoms with Crippen molar-refractivity contribution in [2.24, 2.45) is 0 Å². The van der Waals surface area contributed by atoms with Gasteiger partial charge in [-0.2, -0.15) is 0 Å². The van der Waals surface area contributed by atoms with E-state index in [9.17, 15) is 13.0 Å². The molecule has 7 heteroatoms. The summed E-state index contributed by atoms with van der Waals surface area (Å²) in [5, 5.41) is 8.84. The Labute approximate surface area is 99.8 Å². The van der Waals surface area contributed by atoms with Crippen molar-refractivity contribution in [1.29, 1.82) is 0 Å². The van der Waals surface area contributed by atoms with Crippen LogP contribution in [0.15, 0.2) is 12.3 Å². The largest absolute Gasteiger partial charge is 1.00 e. The van der Waals surface area contributed by atoms with Crippen molar-refractivity contribution in [2.75, 3.05) is 0 Å². The molecule has 2 unspecified atom stereocenters. The molecule has 0 radical (unpaired) electrons. The predicted octanol–water partition coefficient (Wildman–Crippen LogP) is -3.21. The molecule has 1 N–H and O–H groups in total. The summed E-state index contributed by atoms with van der Waals surface area (Å²) in [4.78, 5) is 0. The molecule has 0 aliphatic heterocycles. The van der Waals surface area contributed by atoms with Crippen LogP contribution in [0.3, 0.4) is 0 Å². The van der Waals surface area contributed by atoms with E-state index in [1.807, 2.05) is 0 Å². The van der Waals surface area contributed by atoms with E-state index < -0.39 is 21.7 Å². The van der Waals surface area contributed by atoms with Gasteiger partial charge in [0.05, 0.1) is 6.26 Å². The van der Waals surface area contributed by atoms with Crippen molar-refractivity contribution in [3.05, 3.63) is 12.3 Å². The molecule has 2 atom stereocenters. The zero-order valence-corrected chi connectivity index (χ0v) is 10.6. The molecule has 0 aromatic carbocycles. The van der Waals surface area contributed by atoms with Gasteiger partial charge in [-0.25, -0.2) is 8.42 Å². The quantitative estimate of drug-likeness (QED) is 0.305. The third kappa shape index (κ3) is 6.48. The first kappa shape index (κ1) is 15.9. The van der Waals surface area contributed by atoms with Crippen LogP contribution in [0, 0.1) is 0 Å². The SMILES string of the molecule is CC=COC(C(C)O)S(=O)(=O)[O-].[Na+]. The molecule has 0 aromatic heterocycles. The third-order valence-electron chi connectivity index (χ3n) is 1.03. The van der Waals surface area contributed by atoms with Crippen LogP contribution >= 0.6 is 0 Å². The maximum atomic E-state index is 10.4. The van der Waals surface area contributed by atoms with E-state index in [2.05, 4.69) is 4.74 Å². The second-order valence-electron chi connectivity index (χ2n) is 2.21. The van der Waals surface area contributed by atoms with Crippen LogP contribution in [0.5, 0.6) is 0 Å². The van der Waals surface area contributed by atoms with Gasteiger partial charge in [0.25, 0.3) is 0 Å². The molecule has 0 heterocycles. The summed E-state index contributed by atoms with van der Waals surface area (Å²) in [6, 6.07) is 0. The van der Waals surface area contributed by atoms with E-state index in [0.29, 0.717) is 0 Å². The molecule has 0 aliphatic carbocycles. The fourth-order valence-electron chi connectivity index (χ4n) is 0.579. The topological polar surface area (TPSA) is 86.7 Å². The molecular weight excluding hydrogens is 207 g/mol. The monoisotopic (exact) mass is 218 g/mol. The van der Waals surface area contributed by atoms with Gasteiger partial charge >= 0.3 is 29.6 Å². The van der Waals surface area contributed by atoms with Gasteiger partial charge in [-0.1, -0.05) is 6.08 Å². The summed E-state index contributed by atoms with van der Waals surface area (Å²) < 4.78 is 35.7. The van der Waals surface area contributed by atoms with E-state index in [1.165, 1.54) is 13.0 Å². The third-order valence-corrected chi connectivity index (χ3v) is 2.10. The van der Waals surface area contributed by atoms with Crippen LogP contribution in [0.25, 0.3) is 0 Å². The average molecular weight is 218 g/mol. The Morgan fingerprint density at radius 2 is 2.00 bits per heavy atom. The molecule has 0 bridgehead atoms. The van der Waals surface area contributed by atoms with Gasteiger partial charge in [-0.05, 0) is 13.8 Å². The fraction of sp³-hybridized carbons (Fsp3) is 0.667. The summed E-state index contributed by atoms with van der Waals surface area (Å²) in [7, 11) is -4.61. The number of aliphatic hydroxyl groups is 1. The minimum Gasteiger partial charge on any atom is -0.745 e. The van der Waals surface area contributed by atoms with Crippen LogP contribution in [-0.4, -0.2) is 29.6 Å². The number of hydrogen-bond acceptors (Lipinski definition) is 5. The van der Waals surface area contributed by atoms with Gasteiger partial charge in [0.2, 0.25) is 5.44 Å². The molecular formula is C6H11NaO5S. The molecule has 0 saturated carbocycles. The van der Waals surface area contributed by atoms with Crippen LogP contribution in [0.1, 0.15) is 13.8 Å². The number of ether oxygens (including phenoxy) is 1. The summed E-state index contributed by atoms with van der Waals surface area (Å²) in [6.07, 6.45) is 1.12. The van der Waals surface area contributed by atoms with Gasteiger partial charge in [0.15, 0.2) is 0 Å². The molecule has 0 amide bonds. The van der Waals surface area contributed by atoms with E-state index in [0.717, 1.165) is 6.26 Å². The van der Waals surface area contributed by atoms with Crippen molar-refractivity contribution in [3.8, 4) is 0 Å². The molecule has 0 spiro atoms. The molecule has 0 rings (SSSR count). The maximum absolute atomic E-state index is 10.4. The number of rotatable bonds is 4. The zero-order valence-electron chi connectivity index (χ0n) is 7.80. The Morgan fingerprint density at radius 1 is 1.54 bits per heavy atom. The first-order valence-electron chi connectivity index (χ1n) is 3.29. The Hall–Kier alpha value is 0.410. The Morgan fingerprint density at radius 3 is 2.23 bits per heavy atom. The minimum atomic E-state index is -4.61. The van der Waals surface area contributed by atoms with Crippen molar-refractivity contribution in [3.63, 3.8) is 0 Å². The van der Waals surface area contributed by atoms with E-state index >= 15 is 0 Å². The molecule has 0 aromatic rings. The molecule has 0 aliphatic rings. The first-order valence-corrected chi connectivity index (χ1v) is 4.76. The Kier molecular flexibility index (Phi) is 8.30. The minimum absolute atomic E-state index is 0. The molecule has 0 saturated heterocycles. The molecule has 72 valence electrons. The normalized spacial score (nSPS) is 16.3. The zero-order chi connectivity index (χ0) is 9.78. The van der Waals surface area contributed by atoms with Crippen LogP contribution in [0.2, 0.25) is 0 Å². The molecule has 5 nitrogen and oxygen atoms in total. The summed E-state index contributed by atoms with van der Waals surface area (Å²) >= 11 is 0. The van der Waals surface area contributed by atoms with Gasteiger partial charge < -0.3 is 14.4 Å². The van der Waals surface area contributed by atoms with E-state index in [4.69, 9.17) is 5.11 Å². The second kappa shape index (κ2) is 6.80. The van der Waals surface area contributed by atoms with Crippen LogP contribution in [0.4, 0.5) is 0 Å². The van der Waals surface area contributed by atoms with Crippen molar-refractivity contribution < 1.29 is 52.4 Å². The number of allylic oxidation sites excluding steroid dienone is 1. The van der Waals surface area contributed by atoms with Crippen molar-refractivity contribution in [2.45, 2.75) is 25.4 Å². The van der Waals surface area contributed by atoms with Gasteiger partial charge in [-0.15, -0.1) is 0 Å². The van der Waals surface area contributed by atoms with Crippen LogP contribution in [-0.2, 0) is 14.9 Å². The standard InChI is InChI=1S/C6H12O5S.Na/c1-3-4-11-6(5(2)7)12(8,9)10;/h3-7H,1-2H3,(H,8,9,10);/q;+1/p-1. The average Bonchev–Trinajstić information content (AvgIpc) is 1.84. The Bertz CT molecular complexity index is 246.